The summed E-state index contributed by atoms with van der Waals surface area (Å²) in [4.78, 5) is 11.2. The first-order chi connectivity index (χ1) is 8.13. The second kappa shape index (κ2) is 4.37. The monoisotopic (exact) mass is 231 g/mol. The highest BCUT2D eigenvalue weighted by molar-refractivity contribution is 5.87. The Kier molecular flexibility index (Phi) is 2.91. The fourth-order valence-electron chi connectivity index (χ4n) is 1.71. The third kappa shape index (κ3) is 2.04. The van der Waals surface area contributed by atoms with Gasteiger partial charge in [0.1, 0.15) is 0 Å². The van der Waals surface area contributed by atoms with Crippen molar-refractivity contribution in [2.24, 2.45) is 0 Å². The fraction of sp³-hybridized carbons (Fsp3) is 0.250. The molecule has 0 radical (unpaired) electrons. The number of aromatic nitrogens is 3. The molecule has 88 valence electrons. The molecule has 17 heavy (non-hydrogen) atoms. The Morgan fingerprint density at radius 2 is 2.24 bits per heavy atom. The van der Waals surface area contributed by atoms with Crippen LogP contribution in [0, 0.1) is 6.92 Å². The van der Waals surface area contributed by atoms with E-state index in [9.17, 15) is 9.90 Å². The minimum Gasteiger partial charge on any atom is -0.476 e. The molecule has 0 saturated heterocycles. The van der Waals surface area contributed by atoms with Crippen LogP contribution in [0.5, 0.6) is 0 Å². The lowest BCUT2D eigenvalue weighted by molar-refractivity contribution is 0.0685. The Labute approximate surface area is 98.7 Å². The lowest BCUT2D eigenvalue weighted by atomic mass is 10.2. The van der Waals surface area contributed by atoms with E-state index in [1.807, 2.05) is 38.1 Å². The van der Waals surface area contributed by atoms with Crippen molar-refractivity contribution in [2.75, 3.05) is 0 Å². The number of nitrogens with zero attached hydrogens (tertiary/aromatic N) is 3. The van der Waals surface area contributed by atoms with Crippen molar-refractivity contribution in [3.63, 3.8) is 0 Å². The average Bonchev–Trinajstić information content (AvgIpc) is 2.72. The minimum atomic E-state index is -1.01. The summed E-state index contributed by atoms with van der Waals surface area (Å²) in [6.07, 6.45) is 0.549. The van der Waals surface area contributed by atoms with E-state index in [1.165, 1.54) is 4.68 Å². The number of rotatable bonds is 3. The van der Waals surface area contributed by atoms with Crippen molar-refractivity contribution in [3.05, 3.63) is 41.2 Å². The van der Waals surface area contributed by atoms with Crippen molar-refractivity contribution < 1.29 is 9.90 Å². The maximum atomic E-state index is 11.2. The van der Waals surface area contributed by atoms with E-state index in [0.717, 1.165) is 11.3 Å². The second-order valence-electron chi connectivity index (χ2n) is 3.79. The normalized spacial score (nSPS) is 10.5. The highest BCUT2D eigenvalue weighted by atomic mass is 16.4. The van der Waals surface area contributed by atoms with E-state index in [1.54, 1.807) is 0 Å². The molecule has 0 saturated carbocycles. The fourth-order valence-corrected chi connectivity index (χ4v) is 1.71. The molecule has 0 amide bonds. The first kappa shape index (κ1) is 11.3. The van der Waals surface area contributed by atoms with E-state index in [4.69, 9.17) is 0 Å². The van der Waals surface area contributed by atoms with Crippen LogP contribution in [0.2, 0.25) is 0 Å². The number of aromatic carboxylic acids is 1. The van der Waals surface area contributed by atoms with Gasteiger partial charge in [0.15, 0.2) is 5.69 Å². The summed E-state index contributed by atoms with van der Waals surface area (Å²) >= 11 is 0. The average molecular weight is 231 g/mol. The lowest BCUT2D eigenvalue weighted by Crippen LogP contribution is -2.10. The van der Waals surface area contributed by atoms with Gasteiger partial charge in [-0.3, -0.25) is 0 Å². The van der Waals surface area contributed by atoms with Gasteiger partial charge in [-0.25, -0.2) is 9.48 Å². The third-order valence-corrected chi connectivity index (χ3v) is 2.52. The summed E-state index contributed by atoms with van der Waals surface area (Å²) in [5, 5.41) is 17.0. The molecule has 0 bridgehead atoms. The Morgan fingerprint density at radius 3 is 2.82 bits per heavy atom. The topological polar surface area (TPSA) is 68.0 Å². The summed E-state index contributed by atoms with van der Waals surface area (Å²) in [6, 6.07) is 7.50. The van der Waals surface area contributed by atoms with Crippen LogP contribution in [0.25, 0.3) is 5.69 Å². The van der Waals surface area contributed by atoms with Crippen molar-refractivity contribution >= 4 is 5.97 Å². The number of carboxylic acids is 1. The molecular weight excluding hydrogens is 218 g/mol. The number of carboxylic acid groups (broad SMARTS) is 1. The predicted octanol–water partition coefficient (Wildman–Crippen LogP) is 1.84. The minimum absolute atomic E-state index is 0.137. The van der Waals surface area contributed by atoms with Crippen molar-refractivity contribution in [2.45, 2.75) is 20.3 Å². The molecule has 0 atom stereocenters. The Hall–Kier alpha value is -2.17. The quantitative estimate of drug-likeness (QED) is 0.875. The predicted molar refractivity (Wildman–Crippen MR) is 62.4 cm³/mol. The Balaban J connectivity index is 2.60. The van der Waals surface area contributed by atoms with Gasteiger partial charge in [0, 0.05) is 0 Å². The van der Waals surface area contributed by atoms with Gasteiger partial charge in [-0.1, -0.05) is 24.3 Å². The SMILES string of the molecule is CCc1nnn(-c2cccc(C)c2)c1C(=O)O. The van der Waals surface area contributed by atoms with Gasteiger partial charge in [-0.15, -0.1) is 5.10 Å². The van der Waals surface area contributed by atoms with E-state index >= 15 is 0 Å². The molecule has 1 N–H and O–H groups in total. The first-order valence-corrected chi connectivity index (χ1v) is 5.38. The van der Waals surface area contributed by atoms with Crippen molar-refractivity contribution in [1.82, 2.24) is 15.0 Å². The summed E-state index contributed by atoms with van der Waals surface area (Å²) in [6.45, 7) is 3.80. The van der Waals surface area contributed by atoms with Crippen LogP contribution in [-0.4, -0.2) is 26.1 Å². The molecule has 1 aromatic heterocycles. The molecule has 1 heterocycles. The summed E-state index contributed by atoms with van der Waals surface area (Å²) in [5.41, 5.74) is 2.40. The second-order valence-corrected chi connectivity index (χ2v) is 3.79. The maximum absolute atomic E-state index is 11.2. The van der Waals surface area contributed by atoms with Gasteiger partial charge in [0.05, 0.1) is 11.4 Å². The van der Waals surface area contributed by atoms with Crippen molar-refractivity contribution in [1.29, 1.82) is 0 Å². The third-order valence-electron chi connectivity index (χ3n) is 2.52. The van der Waals surface area contributed by atoms with Crippen LogP contribution in [-0.2, 0) is 6.42 Å². The standard InChI is InChI=1S/C12H13N3O2/c1-3-10-11(12(16)17)15(14-13-10)9-6-4-5-8(2)7-9/h4-7H,3H2,1-2H3,(H,16,17). The van der Waals surface area contributed by atoms with Gasteiger partial charge in [-0.2, -0.15) is 0 Å². The summed E-state index contributed by atoms with van der Waals surface area (Å²) < 4.78 is 1.37. The van der Waals surface area contributed by atoms with E-state index < -0.39 is 5.97 Å². The highest BCUT2D eigenvalue weighted by Crippen LogP contribution is 2.14. The zero-order valence-corrected chi connectivity index (χ0v) is 9.71. The van der Waals surface area contributed by atoms with E-state index in [0.29, 0.717) is 12.1 Å². The first-order valence-electron chi connectivity index (χ1n) is 5.38. The molecular formula is C12H13N3O2. The molecule has 0 unspecified atom stereocenters. The highest BCUT2D eigenvalue weighted by Gasteiger charge is 2.19. The molecule has 0 fully saturated rings. The largest absolute Gasteiger partial charge is 0.476 e. The smallest absolute Gasteiger partial charge is 0.356 e. The van der Waals surface area contributed by atoms with Crippen LogP contribution in [0.4, 0.5) is 0 Å². The summed E-state index contributed by atoms with van der Waals surface area (Å²) in [5.74, 6) is -1.01. The molecule has 1 aromatic carbocycles. The van der Waals surface area contributed by atoms with Gasteiger partial charge >= 0.3 is 5.97 Å². The Morgan fingerprint density at radius 1 is 1.47 bits per heavy atom. The summed E-state index contributed by atoms with van der Waals surface area (Å²) in [7, 11) is 0. The lowest BCUT2D eigenvalue weighted by Gasteiger charge is -2.04. The maximum Gasteiger partial charge on any atom is 0.356 e. The number of hydrogen-bond donors (Lipinski definition) is 1. The van der Waals surface area contributed by atoms with Gasteiger partial charge in [0.25, 0.3) is 0 Å². The number of carbonyl (C=O) groups is 1. The molecule has 0 aliphatic carbocycles. The van der Waals surface area contributed by atoms with Gasteiger partial charge in [0.2, 0.25) is 0 Å². The Bertz CT molecular complexity index is 561. The molecule has 0 aliphatic rings. The van der Waals surface area contributed by atoms with E-state index in [-0.39, 0.29) is 5.69 Å². The van der Waals surface area contributed by atoms with Crippen LogP contribution in [0.3, 0.4) is 0 Å². The molecule has 0 aliphatic heterocycles. The van der Waals surface area contributed by atoms with Crippen LogP contribution in [0.1, 0.15) is 28.7 Å². The zero-order chi connectivity index (χ0) is 12.4. The van der Waals surface area contributed by atoms with Crippen molar-refractivity contribution in [3.8, 4) is 5.69 Å². The molecule has 2 aromatic rings. The van der Waals surface area contributed by atoms with E-state index in [2.05, 4.69) is 10.3 Å². The molecule has 5 heteroatoms. The number of aryl methyl sites for hydroxylation is 2. The molecule has 0 spiro atoms. The number of hydrogen-bond acceptors (Lipinski definition) is 3. The molecule has 5 nitrogen and oxygen atoms in total. The van der Waals surface area contributed by atoms with Gasteiger partial charge < -0.3 is 5.11 Å². The number of benzene rings is 1. The molecule has 2 rings (SSSR count). The van der Waals surface area contributed by atoms with Crippen LogP contribution in [0.15, 0.2) is 24.3 Å². The van der Waals surface area contributed by atoms with Crippen LogP contribution >= 0.6 is 0 Å². The van der Waals surface area contributed by atoms with Crippen LogP contribution < -0.4 is 0 Å². The van der Waals surface area contributed by atoms with Gasteiger partial charge in [-0.05, 0) is 31.0 Å². The zero-order valence-electron chi connectivity index (χ0n) is 9.71.